The molecular formula is C17H21NO2S. The maximum Gasteiger partial charge on any atom is 0.175 e. The van der Waals surface area contributed by atoms with Crippen molar-refractivity contribution in [1.29, 1.82) is 0 Å². The molecule has 0 amide bonds. The van der Waals surface area contributed by atoms with E-state index < -0.39 is 9.84 Å². The highest BCUT2D eigenvalue weighted by Crippen LogP contribution is 2.21. The second kappa shape index (κ2) is 6.31. The summed E-state index contributed by atoms with van der Waals surface area (Å²) in [4.78, 5) is 0.353. The van der Waals surface area contributed by atoms with E-state index in [1.165, 1.54) is 11.8 Å². The van der Waals surface area contributed by atoms with Gasteiger partial charge in [-0.25, -0.2) is 8.42 Å². The molecule has 4 heteroatoms. The fourth-order valence-corrected chi connectivity index (χ4v) is 2.85. The minimum atomic E-state index is -3.13. The Hall–Kier alpha value is -1.81. The van der Waals surface area contributed by atoms with Crippen molar-refractivity contribution < 1.29 is 8.42 Å². The van der Waals surface area contributed by atoms with Crippen molar-refractivity contribution in [3.63, 3.8) is 0 Å². The predicted octanol–water partition coefficient (Wildman–Crippen LogP) is 3.83. The number of aryl methyl sites for hydroxylation is 1. The van der Waals surface area contributed by atoms with Gasteiger partial charge in [0.2, 0.25) is 0 Å². The van der Waals surface area contributed by atoms with Crippen molar-refractivity contribution in [3.8, 4) is 0 Å². The summed E-state index contributed by atoms with van der Waals surface area (Å²) in [5, 5.41) is 3.44. The molecule has 1 N–H and O–H groups in total. The maximum atomic E-state index is 11.5. The van der Waals surface area contributed by atoms with Gasteiger partial charge in [0.15, 0.2) is 9.84 Å². The van der Waals surface area contributed by atoms with E-state index in [4.69, 9.17) is 0 Å². The molecule has 2 aromatic carbocycles. The Morgan fingerprint density at radius 2 is 1.76 bits per heavy atom. The van der Waals surface area contributed by atoms with E-state index in [0.29, 0.717) is 4.90 Å². The van der Waals surface area contributed by atoms with E-state index in [1.54, 1.807) is 12.1 Å². The van der Waals surface area contributed by atoms with Gasteiger partial charge in [-0.2, -0.15) is 0 Å². The number of hydrogen-bond acceptors (Lipinski definition) is 3. The first-order valence-electron chi connectivity index (χ1n) is 7.05. The van der Waals surface area contributed by atoms with Crippen LogP contribution in [0, 0.1) is 0 Å². The summed E-state index contributed by atoms with van der Waals surface area (Å²) in [6.45, 7) is 4.19. The van der Waals surface area contributed by atoms with Gasteiger partial charge < -0.3 is 5.32 Å². The molecule has 0 aliphatic carbocycles. The van der Waals surface area contributed by atoms with Crippen molar-refractivity contribution in [3.05, 3.63) is 59.7 Å². The number of benzene rings is 2. The van der Waals surface area contributed by atoms with Gasteiger partial charge in [-0.05, 0) is 48.7 Å². The molecule has 1 unspecified atom stereocenters. The second-order valence-corrected chi connectivity index (χ2v) is 7.28. The van der Waals surface area contributed by atoms with E-state index in [0.717, 1.165) is 17.7 Å². The maximum absolute atomic E-state index is 11.5. The van der Waals surface area contributed by atoms with Gasteiger partial charge in [-0.1, -0.05) is 31.2 Å². The lowest BCUT2D eigenvalue weighted by atomic mass is 10.1. The quantitative estimate of drug-likeness (QED) is 0.913. The van der Waals surface area contributed by atoms with Crippen LogP contribution in [-0.2, 0) is 16.3 Å². The minimum Gasteiger partial charge on any atom is -0.379 e. The fourth-order valence-electron chi connectivity index (χ4n) is 2.22. The average molecular weight is 303 g/mol. The van der Waals surface area contributed by atoms with Crippen molar-refractivity contribution >= 4 is 15.5 Å². The number of sulfone groups is 1. The summed E-state index contributed by atoms with van der Waals surface area (Å²) in [6, 6.07) is 15.5. The van der Waals surface area contributed by atoms with E-state index in [1.807, 2.05) is 24.3 Å². The van der Waals surface area contributed by atoms with Gasteiger partial charge >= 0.3 is 0 Å². The minimum absolute atomic E-state index is 0.116. The van der Waals surface area contributed by atoms with Crippen LogP contribution >= 0.6 is 0 Å². The molecule has 2 aromatic rings. The van der Waals surface area contributed by atoms with E-state index in [9.17, 15) is 8.42 Å². The largest absolute Gasteiger partial charge is 0.379 e. The van der Waals surface area contributed by atoms with Gasteiger partial charge in [-0.15, -0.1) is 0 Å². The standard InChI is InChI=1S/C17H21NO2S/c1-4-14-6-5-7-16(12-14)18-13(2)15-8-10-17(11-9-15)21(3,19)20/h5-13,18H,4H2,1-3H3. The Morgan fingerprint density at radius 3 is 2.33 bits per heavy atom. The first-order chi connectivity index (χ1) is 9.90. The molecule has 1 atom stereocenters. The van der Waals surface area contributed by atoms with Crippen LogP contribution in [0.25, 0.3) is 0 Å². The monoisotopic (exact) mass is 303 g/mol. The van der Waals surface area contributed by atoms with Crippen LogP contribution in [0.1, 0.15) is 31.0 Å². The molecule has 2 rings (SSSR count). The van der Waals surface area contributed by atoms with Crippen molar-refractivity contribution in [2.45, 2.75) is 31.2 Å². The third-order valence-electron chi connectivity index (χ3n) is 3.53. The summed E-state index contributed by atoms with van der Waals surface area (Å²) in [5.74, 6) is 0. The molecule has 0 radical (unpaired) electrons. The molecule has 0 saturated heterocycles. The lowest BCUT2D eigenvalue weighted by molar-refractivity contribution is 0.602. The molecule has 0 fully saturated rings. The van der Waals surface area contributed by atoms with Crippen LogP contribution in [0.4, 0.5) is 5.69 Å². The van der Waals surface area contributed by atoms with Gasteiger partial charge in [0.25, 0.3) is 0 Å². The Morgan fingerprint density at radius 1 is 1.10 bits per heavy atom. The van der Waals surface area contributed by atoms with Crippen molar-refractivity contribution in [1.82, 2.24) is 0 Å². The molecule has 0 heterocycles. The van der Waals surface area contributed by atoms with E-state index >= 15 is 0 Å². The molecule has 3 nitrogen and oxygen atoms in total. The molecular weight excluding hydrogens is 282 g/mol. The third kappa shape index (κ3) is 4.08. The summed E-state index contributed by atoms with van der Waals surface area (Å²) in [7, 11) is -3.13. The van der Waals surface area contributed by atoms with Crippen molar-refractivity contribution in [2.75, 3.05) is 11.6 Å². The summed E-state index contributed by atoms with van der Waals surface area (Å²) in [5.41, 5.74) is 3.43. The van der Waals surface area contributed by atoms with E-state index in [-0.39, 0.29) is 6.04 Å². The van der Waals surface area contributed by atoms with Gasteiger partial charge in [0, 0.05) is 18.0 Å². The third-order valence-corrected chi connectivity index (χ3v) is 4.66. The Balaban J connectivity index is 2.14. The van der Waals surface area contributed by atoms with Gasteiger partial charge in [-0.3, -0.25) is 0 Å². The van der Waals surface area contributed by atoms with Crippen LogP contribution in [0.5, 0.6) is 0 Å². The number of anilines is 1. The highest BCUT2D eigenvalue weighted by atomic mass is 32.2. The summed E-state index contributed by atoms with van der Waals surface area (Å²) in [6.07, 6.45) is 2.23. The van der Waals surface area contributed by atoms with Crippen LogP contribution < -0.4 is 5.32 Å². The summed E-state index contributed by atoms with van der Waals surface area (Å²) >= 11 is 0. The van der Waals surface area contributed by atoms with Crippen LogP contribution in [0.2, 0.25) is 0 Å². The zero-order valence-corrected chi connectivity index (χ0v) is 13.4. The zero-order chi connectivity index (χ0) is 15.5. The van der Waals surface area contributed by atoms with Crippen LogP contribution in [-0.4, -0.2) is 14.7 Å². The topological polar surface area (TPSA) is 46.2 Å². The number of rotatable bonds is 5. The molecule has 0 aromatic heterocycles. The highest BCUT2D eigenvalue weighted by molar-refractivity contribution is 7.90. The van der Waals surface area contributed by atoms with Gasteiger partial charge in [0.1, 0.15) is 0 Å². The first-order valence-corrected chi connectivity index (χ1v) is 8.95. The van der Waals surface area contributed by atoms with E-state index in [2.05, 4.69) is 31.3 Å². The Labute approximate surface area is 126 Å². The molecule has 21 heavy (non-hydrogen) atoms. The lowest BCUT2D eigenvalue weighted by Crippen LogP contribution is -2.07. The number of nitrogens with one attached hydrogen (secondary N) is 1. The highest BCUT2D eigenvalue weighted by Gasteiger charge is 2.09. The van der Waals surface area contributed by atoms with Crippen LogP contribution in [0.3, 0.4) is 0 Å². The van der Waals surface area contributed by atoms with Crippen LogP contribution in [0.15, 0.2) is 53.4 Å². The fraction of sp³-hybridized carbons (Fsp3) is 0.294. The SMILES string of the molecule is CCc1cccc(NC(C)c2ccc(S(C)(=O)=O)cc2)c1. The second-order valence-electron chi connectivity index (χ2n) is 5.26. The number of hydrogen-bond donors (Lipinski definition) is 1. The van der Waals surface area contributed by atoms with Crippen molar-refractivity contribution in [2.24, 2.45) is 0 Å². The van der Waals surface area contributed by atoms with Gasteiger partial charge in [0.05, 0.1) is 4.90 Å². The normalized spacial score (nSPS) is 12.9. The average Bonchev–Trinajstić information content (AvgIpc) is 2.46. The molecule has 0 saturated carbocycles. The molecule has 0 spiro atoms. The predicted molar refractivity (Wildman–Crippen MR) is 87.4 cm³/mol. The molecule has 0 aliphatic rings. The summed E-state index contributed by atoms with van der Waals surface area (Å²) < 4.78 is 22.9. The molecule has 0 aliphatic heterocycles. The Bertz CT molecular complexity index is 706. The smallest absolute Gasteiger partial charge is 0.175 e. The zero-order valence-electron chi connectivity index (χ0n) is 12.6. The molecule has 112 valence electrons. The first kappa shape index (κ1) is 15.6. The Kier molecular flexibility index (Phi) is 4.68. The molecule has 0 bridgehead atoms. The lowest BCUT2D eigenvalue weighted by Gasteiger charge is -2.16.